The summed E-state index contributed by atoms with van der Waals surface area (Å²) < 4.78 is 0. The smallest absolute Gasteiger partial charge is 0.303 e. The lowest BCUT2D eigenvalue weighted by molar-refractivity contribution is -0.136. The standard InChI is InChI=1S/C26H44O3/c1-8-9-10-11-12-13-14-15-20-19(16-17-22(27)28)18-21(25(2,3)4)24(29)23(20)26(5,6)7/h18,29H,8-17H2,1-7H3,(H,27,28). The van der Waals surface area contributed by atoms with Crippen LogP contribution in [0.15, 0.2) is 6.07 Å². The summed E-state index contributed by atoms with van der Waals surface area (Å²) in [5, 5.41) is 20.5. The number of rotatable bonds is 11. The Hall–Kier alpha value is -1.51. The molecule has 0 aromatic heterocycles. The lowest BCUT2D eigenvalue weighted by atomic mass is 9.74. The van der Waals surface area contributed by atoms with Crippen LogP contribution in [0.3, 0.4) is 0 Å². The monoisotopic (exact) mass is 404 g/mol. The van der Waals surface area contributed by atoms with Gasteiger partial charge in [-0.25, -0.2) is 0 Å². The number of aryl methyl sites for hydroxylation is 1. The zero-order valence-corrected chi connectivity index (χ0v) is 20.0. The van der Waals surface area contributed by atoms with Gasteiger partial charge in [0.05, 0.1) is 0 Å². The summed E-state index contributed by atoms with van der Waals surface area (Å²) in [4.78, 5) is 11.3. The van der Waals surface area contributed by atoms with Crippen LogP contribution >= 0.6 is 0 Å². The van der Waals surface area contributed by atoms with E-state index in [9.17, 15) is 15.0 Å². The van der Waals surface area contributed by atoms with Crippen molar-refractivity contribution in [3.63, 3.8) is 0 Å². The number of aromatic hydroxyl groups is 1. The van der Waals surface area contributed by atoms with Gasteiger partial charge in [0.15, 0.2) is 0 Å². The van der Waals surface area contributed by atoms with Crippen LogP contribution in [0.1, 0.15) is 122 Å². The third-order valence-corrected chi connectivity index (χ3v) is 5.70. The van der Waals surface area contributed by atoms with Crippen LogP contribution in [0.5, 0.6) is 5.75 Å². The number of carboxylic acid groups (broad SMARTS) is 1. The van der Waals surface area contributed by atoms with Gasteiger partial charge in [-0.15, -0.1) is 0 Å². The molecule has 0 aliphatic heterocycles. The van der Waals surface area contributed by atoms with Crippen LogP contribution in [0.25, 0.3) is 0 Å². The molecule has 3 nitrogen and oxygen atoms in total. The second kappa shape index (κ2) is 11.0. The lowest BCUT2D eigenvalue weighted by Crippen LogP contribution is -2.21. The van der Waals surface area contributed by atoms with E-state index in [-0.39, 0.29) is 17.3 Å². The molecule has 0 radical (unpaired) electrons. The van der Waals surface area contributed by atoms with Crippen LogP contribution in [0.4, 0.5) is 0 Å². The molecule has 1 aromatic rings. The van der Waals surface area contributed by atoms with Crippen LogP contribution in [0.2, 0.25) is 0 Å². The molecule has 0 aliphatic carbocycles. The number of aliphatic carboxylic acids is 1. The molecule has 0 amide bonds. The van der Waals surface area contributed by atoms with Crippen LogP contribution in [0, 0.1) is 0 Å². The number of phenols is 1. The largest absolute Gasteiger partial charge is 0.507 e. The van der Waals surface area contributed by atoms with Crippen molar-refractivity contribution in [1.82, 2.24) is 0 Å². The summed E-state index contributed by atoms with van der Waals surface area (Å²) in [5.41, 5.74) is 3.82. The molecule has 3 heteroatoms. The third-order valence-electron chi connectivity index (χ3n) is 5.70. The maximum absolute atomic E-state index is 11.3. The molecule has 0 aliphatic rings. The lowest BCUT2D eigenvalue weighted by Gasteiger charge is -2.31. The van der Waals surface area contributed by atoms with Crippen molar-refractivity contribution in [2.75, 3.05) is 0 Å². The molecule has 0 bridgehead atoms. The summed E-state index contributed by atoms with van der Waals surface area (Å²) in [7, 11) is 0. The first kappa shape index (κ1) is 25.5. The Morgan fingerprint density at radius 1 is 0.862 bits per heavy atom. The maximum atomic E-state index is 11.3. The zero-order chi connectivity index (χ0) is 22.2. The fraction of sp³-hybridized carbons (Fsp3) is 0.731. The van der Waals surface area contributed by atoms with E-state index in [0.29, 0.717) is 12.2 Å². The van der Waals surface area contributed by atoms with E-state index in [0.717, 1.165) is 29.5 Å². The van der Waals surface area contributed by atoms with Crippen molar-refractivity contribution >= 4 is 5.97 Å². The first-order valence-corrected chi connectivity index (χ1v) is 11.5. The fourth-order valence-electron chi connectivity index (χ4n) is 4.16. The Balaban J connectivity index is 3.23. The normalized spacial score (nSPS) is 12.4. The van der Waals surface area contributed by atoms with Crippen molar-refractivity contribution in [3.05, 3.63) is 28.3 Å². The van der Waals surface area contributed by atoms with Gasteiger partial charge >= 0.3 is 5.97 Å². The van der Waals surface area contributed by atoms with Crippen molar-refractivity contribution in [3.8, 4) is 5.75 Å². The third kappa shape index (κ3) is 8.03. The second-order valence-corrected chi connectivity index (χ2v) is 10.6. The number of carbonyl (C=O) groups is 1. The minimum Gasteiger partial charge on any atom is -0.507 e. The van der Waals surface area contributed by atoms with Gasteiger partial charge in [-0.2, -0.15) is 0 Å². The molecule has 0 heterocycles. The average Bonchev–Trinajstić information content (AvgIpc) is 2.57. The molecular formula is C26H44O3. The first-order chi connectivity index (χ1) is 13.4. The molecule has 29 heavy (non-hydrogen) atoms. The summed E-state index contributed by atoms with van der Waals surface area (Å²) in [6, 6.07) is 2.07. The summed E-state index contributed by atoms with van der Waals surface area (Å²) in [6.07, 6.45) is 10.3. The molecule has 2 N–H and O–H groups in total. The number of hydrogen-bond acceptors (Lipinski definition) is 2. The minimum atomic E-state index is -0.769. The van der Waals surface area contributed by atoms with Crippen molar-refractivity contribution in [1.29, 1.82) is 0 Å². The van der Waals surface area contributed by atoms with Crippen molar-refractivity contribution in [2.24, 2.45) is 0 Å². The highest BCUT2D eigenvalue weighted by Gasteiger charge is 2.30. The topological polar surface area (TPSA) is 57.5 Å². The Kier molecular flexibility index (Phi) is 9.71. The van der Waals surface area contributed by atoms with E-state index in [1.807, 2.05) is 0 Å². The van der Waals surface area contributed by atoms with Gasteiger partial charge in [-0.1, -0.05) is 93.1 Å². The highest BCUT2D eigenvalue weighted by Crippen LogP contribution is 2.43. The predicted octanol–water partition coefficient (Wildman–Crippen LogP) is 7.30. The van der Waals surface area contributed by atoms with Crippen LogP contribution < -0.4 is 0 Å². The fourth-order valence-corrected chi connectivity index (χ4v) is 4.16. The summed E-state index contributed by atoms with van der Waals surface area (Å²) in [6.45, 7) is 15.0. The molecular weight excluding hydrogens is 360 g/mol. The van der Waals surface area contributed by atoms with Gasteiger partial charge in [-0.3, -0.25) is 4.79 Å². The first-order valence-electron chi connectivity index (χ1n) is 11.5. The number of benzene rings is 1. The van der Waals surface area contributed by atoms with Gasteiger partial charge in [0.2, 0.25) is 0 Å². The quantitative estimate of drug-likeness (QED) is 0.380. The van der Waals surface area contributed by atoms with Gasteiger partial charge in [0.25, 0.3) is 0 Å². The number of unbranched alkanes of at least 4 members (excludes halogenated alkanes) is 6. The van der Waals surface area contributed by atoms with Crippen molar-refractivity contribution < 1.29 is 15.0 Å². The summed E-state index contributed by atoms with van der Waals surface area (Å²) >= 11 is 0. The van der Waals surface area contributed by atoms with Gasteiger partial charge in [0.1, 0.15) is 5.75 Å². The molecule has 0 spiro atoms. The molecule has 0 atom stereocenters. The summed E-state index contributed by atoms with van der Waals surface area (Å²) in [5.74, 6) is -0.364. The van der Waals surface area contributed by atoms with Crippen LogP contribution in [-0.2, 0) is 28.5 Å². The predicted molar refractivity (Wildman–Crippen MR) is 123 cm³/mol. The van der Waals surface area contributed by atoms with Crippen LogP contribution in [-0.4, -0.2) is 16.2 Å². The van der Waals surface area contributed by atoms with E-state index in [1.54, 1.807) is 0 Å². The average molecular weight is 405 g/mol. The number of hydrogen-bond donors (Lipinski definition) is 2. The Labute approximate surface area is 178 Å². The van der Waals surface area contributed by atoms with E-state index in [4.69, 9.17) is 0 Å². The number of carboxylic acids is 1. The van der Waals surface area contributed by atoms with E-state index < -0.39 is 5.97 Å². The molecule has 0 unspecified atom stereocenters. The molecule has 0 saturated carbocycles. The molecule has 0 saturated heterocycles. The van der Waals surface area contributed by atoms with Gasteiger partial charge in [0, 0.05) is 12.0 Å². The maximum Gasteiger partial charge on any atom is 0.303 e. The van der Waals surface area contributed by atoms with Gasteiger partial charge in [-0.05, 0) is 46.8 Å². The van der Waals surface area contributed by atoms with E-state index >= 15 is 0 Å². The minimum absolute atomic E-state index is 0.127. The second-order valence-electron chi connectivity index (χ2n) is 10.6. The Morgan fingerprint density at radius 2 is 1.41 bits per heavy atom. The Bertz CT molecular complexity index is 660. The Morgan fingerprint density at radius 3 is 1.90 bits per heavy atom. The molecule has 1 rings (SSSR count). The highest BCUT2D eigenvalue weighted by molar-refractivity contribution is 5.67. The number of phenolic OH excluding ortho intramolecular Hbond substituents is 1. The van der Waals surface area contributed by atoms with Crippen molar-refractivity contribution in [2.45, 2.75) is 124 Å². The van der Waals surface area contributed by atoms with Gasteiger partial charge < -0.3 is 10.2 Å². The molecule has 0 fully saturated rings. The highest BCUT2D eigenvalue weighted by atomic mass is 16.4. The van der Waals surface area contributed by atoms with E-state index in [1.165, 1.54) is 44.1 Å². The SMILES string of the molecule is CCCCCCCCCc1c(CCC(=O)O)cc(C(C)(C)C)c(O)c1C(C)(C)C. The molecule has 1 aromatic carbocycles. The molecule has 166 valence electrons. The zero-order valence-electron chi connectivity index (χ0n) is 20.0. The van der Waals surface area contributed by atoms with E-state index in [2.05, 4.69) is 54.5 Å².